The Morgan fingerprint density at radius 2 is 2.00 bits per heavy atom. The summed E-state index contributed by atoms with van der Waals surface area (Å²) in [4.78, 5) is 25.1. The molecule has 1 rings (SSSR count). The summed E-state index contributed by atoms with van der Waals surface area (Å²) in [6.45, 7) is 0. The van der Waals surface area contributed by atoms with Crippen LogP contribution in [0.5, 0.6) is 0 Å². The summed E-state index contributed by atoms with van der Waals surface area (Å²) >= 11 is 5.32. The van der Waals surface area contributed by atoms with Gasteiger partial charge in [0.05, 0.1) is 18.7 Å². The summed E-state index contributed by atoms with van der Waals surface area (Å²) in [6, 6.07) is 6.53. The molecule has 1 aromatic carbocycles. The topological polar surface area (TPSA) is 79.2 Å². The quantitative estimate of drug-likeness (QED) is 0.375. The van der Waals surface area contributed by atoms with Crippen LogP contribution < -0.4 is 4.84 Å². The number of rotatable bonds is 4. The predicted octanol–water partition coefficient (Wildman–Crippen LogP) is 1.03. The van der Waals surface area contributed by atoms with Gasteiger partial charge in [0.25, 0.3) is 0 Å². The first-order valence-electron chi connectivity index (χ1n) is 4.62. The number of benzene rings is 1. The van der Waals surface area contributed by atoms with Crippen LogP contribution >= 0.6 is 11.8 Å². The molecule has 0 aliphatic rings. The van der Waals surface area contributed by atoms with Crippen molar-refractivity contribution in [3.63, 3.8) is 0 Å². The molecule has 0 aliphatic carbocycles. The molecule has 0 heterocycles. The lowest BCUT2D eigenvalue weighted by atomic mass is 10.0. The van der Waals surface area contributed by atoms with Gasteiger partial charge in [-0.3, -0.25) is 4.79 Å². The van der Waals surface area contributed by atoms with E-state index >= 15 is 0 Å². The molecule has 0 aliphatic heterocycles. The second kappa shape index (κ2) is 5.99. The molecule has 0 saturated heterocycles. The van der Waals surface area contributed by atoms with Gasteiger partial charge in [-0.05, 0) is 23.9 Å². The van der Waals surface area contributed by atoms with Crippen LogP contribution in [0.2, 0.25) is 0 Å². The number of halogens is 1. The third-order valence-electron chi connectivity index (χ3n) is 2.11. The SMILES string of the molecule is COC(=O)C(NCl)C(=O)c1ccc(C#N)cc1. The van der Waals surface area contributed by atoms with Crippen molar-refractivity contribution in [3.05, 3.63) is 35.4 Å². The zero-order chi connectivity index (χ0) is 12.8. The standard InChI is InChI=1S/C11H9ClN2O3/c1-17-11(16)9(14-12)10(15)8-4-2-7(6-13)3-5-8/h2-5,9,14H,1H3. The Kier molecular flexibility index (Phi) is 4.64. The number of methoxy groups -OCH3 is 1. The van der Waals surface area contributed by atoms with Gasteiger partial charge < -0.3 is 4.74 Å². The smallest absolute Gasteiger partial charge is 0.332 e. The van der Waals surface area contributed by atoms with E-state index in [1.165, 1.54) is 24.3 Å². The van der Waals surface area contributed by atoms with Gasteiger partial charge in [-0.15, -0.1) is 0 Å². The summed E-state index contributed by atoms with van der Waals surface area (Å²) in [6.07, 6.45) is 0. The van der Waals surface area contributed by atoms with Gasteiger partial charge in [0.15, 0.2) is 11.8 Å². The van der Waals surface area contributed by atoms with Crippen molar-refractivity contribution in [2.75, 3.05) is 7.11 Å². The third-order valence-corrected chi connectivity index (χ3v) is 2.32. The lowest BCUT2D eigenvalue weighted by molar-refractivity contribution is -0.141. The van der Waals surface area contributed by atoms with Crippen molar-refractivity contribution in [2.24, 2.45) is 0 Å². The number of carbonyl (C=O) groups is 2. The number of esters is 1. The maximum Gasteiger partial charge on any atom is 0.332 e. The highest BCUT2D eigenvalue weighted by Gasteiger charge is 2.27. The number of carbonyl (C=O) groups excluding carboxylic acids is 2. The first-order valence-corrected chi connectivity index (χ1v) is 5.00. The van der Waals surface area contributed by atoms with Gasteiger partial charge in [0, 0.05) is 5.56 Å². The Bertz CT molecular complexity index is 465. The van der Waals surface area contributed by atoms with Crippen molar-refractivity contribution in [3.8, 4) is 6.07 Å². The highest BCUT2D eigenvalue weighted by Crippen LogP contribution is 2.08. The molecular weight excluding hydrogens is 244 g/mol. The molecule has 0 fully saturated rings. The average molecular weight is 253 g/mol. The number of Topliss-reactive ketones (excluding diaryl/α,β-unsaturated/α-hetero) is 1. The number of ketones is 1. The first-order chi connectivity index (χ1) is 8.13. The number of hydrogen-bond acceptors (Lipinski definition) is 5. The number of nitrogens with zero attached hydrogens (tertiary/aromatic N) is 1. The van der Waals surface area contributed by atoms with Crippen LogP contribution in [0.4, 0.5) is 0 Å². The van der Waals surface area contributed by atoms with Crippen LogP contribution in [-0.2, 0) is 9.53 Å². The maximum atomic E-state index is 11.8. The summed E-state index contributed by atoms with van der Waals surface area (Å²) in [5.74, 6) is -1.29. The Hall–Kier alpha value is -1.90. The van der Waals surface area contributed by atoms with E-state index in [0.717, 1.165) is 7.11 Å². The van der Waals surface area contributed by atoms with E-state index in [-0.39, 0.29) is 5.56 Å². The van der Waals surface area contributed by atoms with Crippen molar-refractivity contribution >= 4 is 23.5 Å². The van der Waals surface area contributed by atoms with Crippen LogP contribution in [0.25, 0.3) is 0 Å². The minimum atomic E-state index is -1.25. The van der Waals surface area contributed by atoms with E-state index in [1.54, 1.807) is 0 Å². The van der Waals surface area contributed by atoms with E-state index < -0.39 is 17.8 Å². The summed E-state index contributed by atoms with van der Waals surface area (Å²) < 4.78 is 4.43. The zero-order valence-corrected chi connectivity index (χ0v) is 9.69. The molecule has 6 heteroatoms. The van der Waals surface area contributed by atoms with Crippen molar-refractivity contribution < 1.29 is 14.3 Å². The van der Waals surface area contributed by atoms with Crippen LogP contribution in [-0.4, -0.2) is 24.9 Å². The molecule has 17 heavy (non-hydrogen) atoms. The highest BCUT2D eigenvalue weighted by molar-refractivity contribution is 6.21. The molecule has 0 amide bonds. The van der Waals surface area contributed by atoms with Gasteiger partial charge in [0.2, 0.25) is 0 Å². The Morgan fingerprint density at radius 3 is 2.41 bits per heavy atom. The Morgan fingerprint density at radius 1 is 1.41 bits per heavy atom. The third kappa shape index (κ3) is 3.03. The molecule has 1 N–H and O–H groups in total. The normalized spacial score (nSPS) is 11.4. The second-order valence-electron chi connectivity index (χ2n) is 3.12. The van der Waals surface area contributed by atoms with E-state index in [2.05, 4.69) is 9.57 Å². The summed E-state index contributed by atoms with van der Waals surface area (Å²) in [7, 11) is 1.16. The number of nitrogens with one attached hydrogen (secondary N) is 1. The minimum Gasteiger partial charge on any atom is -0.467 e. The molecule has 5 nitrogen and oxygen atoms in total. The van der Waals surface area contributed by atoms with Gasteiger partial charge in [-0.2, -0.15) is 5.26 Å². The van der Waals surface area contributed by atoms with Crippen molar-refractivity contribution in [2.45, 2.75) is 6.04 Å². The lowest BCUT2D eigenvalue weighted by Crippen LogP contribution is -2.39. The second-order valence-corrected chi connectivity index (χ2v) is 3.34. The molecule has 1 aromatic rings. The first kappa shape index (κ1) is 13.2. The summed E-state index contributed by atoms with van der Waals surface area (Å²) in [5, 5.41) is 8.61. The van der Waals surface area contributed by atoms with E-state index in [1.807, 2.05) is 6.07 Å². The maximum absolute atomic E-state index is 11.8. The molecule has 0 saturated carbocycles. The molecule has 1 unspecified atom stereocenters. The predicted molar refractivity (Wildman–Crippen MR) is 60.3 cm³/mol. The number of hydrogen-bond donors (Lipinski definition) is 1. The highest BCUT2D eigenvalue weighted by atomic mass is 35.5. The lowest BCUT2D eigenvalue weighted by Gasteiger charge is -2.10. The largest absolute Gasteiger partial charge is 0.467 e. The molecule has 0 radical (unpaired) electrons. The van der Waals surface area contributed by atoms with Gasteiger partial charge in [0.1, 0.15) is 0 Å². The van der Waals surface area contributed by atoms with Crippen LogP contribution in [0.3, 0.4) is 0 Å². The molecule has 0 bridgehead atoms. The van der Waals surface area contributed by atoms with Gasteiger partial charge in [-0.25, -0.2) is 9.63 Å². The molecule has 0 spiro atoms. The van der Waals surface area contributed by atoms with Crippen LogP contribution in [0, 0.1) is 11.3 Å². The summed E-state index contributed by atoms with van der Waals surface area (Å²) in [5.41, 5.74) is 0.697. The molecule has 88 valence electrons. The van der Waals surface area contributed by atoms with Crippen molar-refractivity contribution in [1.82, 2.24) is 4.84 Å². The van der Waals surface area contributed by atoms with Gasteiger partial charge in [-0.1, -0.05) is 12.1 Å². The monoisotopic (exact) mass is 252 g/mol. The van der Waals surface area contributed by atoms with E-state index in [4.69, 9.17) is 17.0 Å². The fraction of sp³-hybridized carbons (Fsp3) is 0.182. The van der Waals surface area contributed by atoms with E-state index in [0.29, 0.717) is 5.56 Å². The average Bonchev–Trinajstić information content (AvgIpc) is 2.39. The van der Waals surface area contributed by atoms with E-state index in [9.17, 15) is 9.59 Å². The minimum absolute atomic E-state index is 0.271. The molecular formula is C11H9ClN2O3. The molecule has 0 aromatic heterocycles. The Labute approximate surface area is 103 Å². The fourth-order valence-corrected chi connectivity index (χ4v) is 1.38. The van der Waals surface area contributed by atoms with Crippen molar-refractivity contribution in [1.29, 1.82) is 5.26 Å². The van der Waals surface area contributed by atoms with Crippen LogP contribution in [0.1, 0.15) is 15.9 Å². The molecule has 1 atom stereocenters. The van der Waals surface area contributed by atoms with Crippen LogP contribution in [0.15, 0.2) is 24.3 Å². The Balaban J connectivity index is 2.94. The van der Waals surface area contributed by atoms with Gasteiger partial charge >= 0.3 is 5.97 Å². The zero-order valence-electron chi connectivity index (χ0n) is 8.94. The fourth-order valence-electron chi connectivity index (χ4n) is 1.19. The number of ether oxygens (including phenoxy) is 1. The number of nitriles is 1.